The number of benzene rings is 2. The number of phenols is 1. The molecule has 0 spiro atoms. The lowest BCUT2D eigenvalue weighted by Gasteiger charge is -2.44. The fourth-order valence-electron chi connectivity index (χ4n) is 6.56. The van der Waals surface area contributed by atoms with Gasteiger partial charge in [-0.25, -0.2) is 4.79 Å². The smallest absolute Gasteiger partial charge is 0.455 e. The Kier molecular flexibility index (Phi) is 7.96. The number of fused-ring (bicyclic) bond motifs is 3. The number of likely N-dealkylation sites (tertiary alicyclic amines) is 1. The molecular weight excluding hydrogens is 509 g/mol. The zero-order valence-corrected chi connectivity index (χ0v) is 22.9. The van der Waals surface area contributed by atoms with Crippen LogP contribution in [0.4, 0.5) is 4.79 Å². The molecule has 0 unspecified atom stereocenters. The molecule has 2 heterocycles. The first-order valence-corrected chi connectivity index (χ1v) is 13.8. The Bertz CT molecular complexity index is 1370. The Morgan fingerprint density at radius 1 is 1.10 bits per heavy atom. The lowest BCUT2D eigenvalue weighted by Crippen LogP contribution is -2.46. The van der Waals surface area contributed by atoms with E-state index in [4.69, 9.17) is 9.39 Å². The second-order valence-corrected chi connectivity index (χ2v) is 11.0. The maximum Gasteiger partial charge on any atom is 0.455 e. The third-order valence-corrected chi connectivity index (χ3v) is 8.39. The van der Waals surface area contributed by atoms with E-state index in [9.17, 15) is 24.5 Å². The van der Waals surface area contributed by atoms with Crippen molar-refractivity contribution >= 4 is 36.7 Å². The zero-order chi connectivity index (χ0) is 28.6. The van der Waals surface area contributed by atoms with E-state index < -0.39 is 48.9 Å². The van der Waals surface area contributed by atoms with E-state index in [0.717, 1.165) is 29.4 Å². The van der Waals surface area contributed by atoms with E-state index in [1.165, 1.54) is 0 Å². The first-order valence-electron chi connectivity index (χ1n) is 13.8. The molecule has 208 valence electrons. The number of nitrogens with zero attached hydrogens (tertiary/aromatic N) is 1. The van der Waals surface area contributed by atoms with Crippen LogP contribution in [0.5, 0.6) is 5.75 Å². The van der Waals surface area contributed by atoms with Crippen molar-refractivity contribution in [1.82, 2.24) is 4.90 Å². The van der Waals surface area contributed by atoms with E-state index in [2.05, 4.69) is 13.8 Å². The highest BCUT2D eigenvalue weighted by molar-refractivity contribution is 6.43. The predicted octanol–water partition coefficient (Wildman–Crippen LogP) is 4.93. The number of carbonyl (C=O) groups is 3. The minimum Gasteiger partial charge on any atom is -0.507 e. The molecule has 2 aromatic rings. The van der Waals surface area contributed by atoms with Crippen molar-refractivity contribution < 1.29 is 33.9 Å². The molecule has 2 fully saturated rings. The lowest BCUT2D eigenvalue weighted by atomic mass is 9.57. The lowest BCUT2D eigenvalue weighted by molar-refractivity contribution is -0.137. The van der Waals surface area contributed by atoms with Crippen molar-refractivity contribution in [3.05, 3.63) is 76.9 Å². The molecular formula is C31H34BNO7. The average Bonchev–Trinajstić information content (AvgIpc) is 3.20. The predicted molar refractivity (Wildman–Crippen MR) is 151 cm³/mol. The van der Waals surface area contributed by atoms with Gasteiger partial charge < -0.3 is 19.5 Å². The van der Waals surface area contributed by atoms with Gasteiger partial charge in [-0.1, -0.05) is 68.0 Å². The quantitative estimate of drug-likeness (QED) is 0.230. The summed E-state index contributed by atoms with van der Waals surface area (Å²) < 4.78 is 10.9. The molecule has 40 heavy (non-hydrogen) atoms. The highest BCUT2D eigenvalue weighted by atomic mass is 16.5. The third-order valence-electron chi connectivity index (χ3n) is 8.39. The maximum absolute atomic E-state index is 13.4. The van der Waals surface area contributed by atoms with Crippen molar-refractivity contribution in [1.29, 1.82) is 0 Å². The van der Waals surface area contributed by atoms with Crippen LogP contribution < -0.4 is 0 Å². The fourth-order valence-corrected chi connectivity index (χ4v) is 6.56. The zero-order valence-electron chi connectivity index (χ0n) is 22.9. The Labute approximate surface area is 234 Å². The van der Waals surface area contributed by atoms with Gasteiger partial charge in [0, 0.05) is 5.56 Å². The number of aromatic hydroxyl groups is 1. The molecule has 1 aliphatic carbocycles. The van der Waals surface area contributed by atoms with Gasteiger partial charge in [0.15, 0.2) is 0 Å². The molecule has 3 aliphatic rings. The number of rotatable bonds is 6. The van der Waals surface area contributed by atoms with Gasteiger partial charge in [0.1, 0.15) is 5.75 Å². The number of ether oxygens (including phenoxy) is 1. The van der Waals surface area contributed by atoms with Gasteiger partial charge in [-0.3, -0.25) is 9.59 Å². The molecule has 2 aromatic carbocycles. The number of imide groups is 3. The summed E-state index contributed by atoms with van der Waals surface area (Å²) in [5.41, 5.74) is 4.70. The van der Waals surface area contributed by atoms with Gasteiger partial charge in [0.25, 0.3) is 0 Å². The summed E-state index contributed by atoms with van der Waals surface area (Å²) in [6.45, 7) is 4.10. The molecule has 9 heteroatoms. The molecule has 0 bridgehead atoms. The molecule has 2 aliphatic heterocycles. The SMILES string of the molecule is COC(=O)N1C(=O)[C@@H]2[C@@H](CC(C(C)C)=C3[C@@H](CC/C(=C/c4ccccc4O)c4ccccc4)OB(O)C[C@@H]32)C1=O. The van der Waals surface area contributed by atoms with Crippen LogP contribution in [0.15, 0.2) is 65.7 Å². The number of allylic oxidation sites excluding steroid dienone is 2. The highest BCUT2D eigenvalue weighted by Crippen LogP contribution is 2.52. The first-order chi connectivity index (χ1) is 19.2. The molecule has 2 saturated heterocycles. The molecule has 4 atom stereocenters. The highest BCUT2D eigenvalue weighted by Gasteiger charge is 2.59. The van der Waals surface area contributed by atoms with Crippen molar-refractivity contribution in [3.63, 3.8) is 0 Å². The minimum absolute atomic E-state index is 0.0836. The summed E-state index contributed by atoms with van der Waals surface area (Å²) in [5.74, 6) is -2.65. The van der Waals surface area contributed by atoms with E-state index in [1.807, 2.05) is 48.5 Å². The van der Waals surface area contributed by atoms with E-state index >= 15 is 0 Å². The number of para-hydroxylation sites is 1. The van der Waals surface area contributed by atoms with Crippen LogP contribution in [0.25, 0.3) is 11.6 Å². The summed E-state index contributed by atoms with van der Waals surface area (Å²) >= 11 is 0. The van der Waals surface area contributed by atoms with Crippen LogP contribution in [-0.2, 0) is 19.0 Å². The van der Waals surface area contributed by atoms with E-state index in [-0.39, 0.29) is 18.0 Å². The molecule has 0 radical (unpaired) electrons. The maximum atomic E-state index is 13.4. The standard InChI is InChI=1S/C31H34BNO7/c1-18(2)22-16-23-28(30(36)33(29(23)35)31(37)39-3)24-17-32(38)40-26(27(22)24)14-13-20(19-9-5-4-6-10-19)15-21-11-7-8-12-25(21)34/h4-12,15,18,23-24,26,28,34,38H,13-14,16-17H2,1-3H3/b20-15-/t23-,24+,26-,28-/m1/s1. The van der Waals surface area contributed by atoms with Crippen LogP contribution in [-0.4, -0.2) is 53.3 Å². The van der Waals surface area contributed by atoms with Crippen LogP contribution in [0, 0.1) is 23.7 Å². The van der Waals surface area contributed by atoms with Gasteiger partial charge in [-0.2, -0.15) is 4.90 Å². The number of phenolic OH excluding ortho intramolecular Hbond substituents is 1. The molecule has 8 nitrogen and oxygen atoms in total. The Morgan fingerprint density at radius 3 is 2.48 bits per heavy atom. The monoisotopic (exact) mass is 543 g/mol. The summed E-state index contributed by atoms with van der Waals surface area (Å²) in [4.78, 5) is 39.6. The van der Waals surface area contributed by atoms with Crippen LogP contribution in [0.3, 0.4) is 0 Å². The fraction of sp³-hybridized carbons (Fsp3) is 0.387. The Balaban J connectivity index is 1.50. The molecule has 2 N–H and O–H groups in total. The number of carbonyl (C=O) groups excluding carboxylic acids is 3. The minimum atomic E-state index is -1.11. The van der Waals surface area contributed by atoms with Crippen LogP contribution in [0.1, 0.15) is 44.2 Å². The van der Waals surface area contributed by atoms with Gasteiger partial charge in [0.2, 0.25) is 11.8 Å². The van der Waals surface area contributed by atoms with Crippen LogP contribution in [0.2, 0.25) is 6.32 Å². The number of hydrogen-bond acceptors (Lipinski definition) is 7. The van der Waals surface area contributed by atoms with Gasteiger partial charge in [0.05, 0.1) is 25.0 Å². The number of amides is 3. The van der Waals surface area contributed by atoms with Crippen molar-refractivity contribution in [2.45, 2.75) is 45.5 Å². The largest absolute Gasteiger partial charge is 0.507 e. The number of hydrogen-bond donors (Lipinski definition) is 2. The van der Waals surface area contributed by atoms with Crippen molar-refractivity contribution in [2.24, 2.45) is 23.7 Å². The Morgan fingerprint density at radius 2 is 1.80 bits per heavy atom. The molecule has 5 rings (SSSR count). The summed E-state index contributed by atoms with van der Waals surface area (Å²) in [6, 6.07) is 17.0. The van der Waals surface area contributed by atoms with Gasteiger partial charge in [-0.05, 0) is 66.3 Å². The second kappa shape index (κ2) is 11.4. The summed E-state index contributed by atoms with van der Waals surface area (Å²) in [5, 5.41) is 21.2. The second-order valence-electron chi connectivity index (χ2n) is 11.0. The van der Waals surface area contributed by atoms with E-state index in [0.29, 0.717) is 29.7 Å². The third kappa shape index (κ3) is 5.11. The van der Waals surface area contributed by atoms with Gasteiger partial charge >= 0.3 is 13.2 Å². The van der Waals surface area contributed by atoms with Crippen LogP contribution >= 0.6 is 0 Å². The summed E-state index contributed by atoms with van der Waals surface area (Å²) in [7, 11) is 0.0401. The molecule has 0 aromatic heterocycles. The van der Waals surface area contributed by atoms with Crippen molar-refractivity contribution in [2.75, 3.05) is 7.11 Å². The first kappa shape index (κ1) is 27.9. The number of methoxy groups -OCH3 is 1. The Hall–Kier alpha value is -3.69. The normalized spacial score (nSPS) is 24.9. The molecule has 3 amide bonds. The average molecular weight is 543 g/mol. The van der Waals surface area contributed by atoms with E-state index in [1.54, 1.807) is 12.1 Å². The molecule has 0 saturated carbocycles. The van der Waals surface area contributed by atoms with Gasteiger partial charge in [-0.15, -0.1) is 0 Å². The van der Waals surface area contributed by atoms with Crippen molar-refractivity contribution in [3.8, 4) is 5.75 Å². The topological polar surface area (TPSA) is 113 Å². The summed E-state index contributed by atoms with van der Waals surface area (Å²) in [6.07, 6.45) is 2.16.